The highest BCUT2D eigenvalue weighted by atomic mass is 19.4. The molecule has 0 bridgehead atoms. The molecule has 2 rings (SSSR count). The Hall–Kier alpha value is -1.93. The molecule has 1 aliphatic heterocycles. The first-order valence-electron chi connectivity index (χ1n) is 4.84. The largest absolute Gasteiger partial charge is 0.438 e. The zero-order valence-corrected chi connectivity index (χ0v) is 8.88. The van der Waals surface area contributed by atoms with Gasteiger partial charge >= 0.3 is 18.3 Å². The molecule has 2 aliphatic rings. The Labute approximate surface area is 102 Å². The summed E-state index contributed by atoms with van der Waals surface area (Å²) in [5, 5.41) is 0. The molecule has 1 atom stereocenters. The van der Waals surface area contributed by atoms with Gasteiger partial charge in [0.15, 0.2) is 0 Å². The van der Waals surface area contributed by atoms with E-state index in [4.69, 9.17) is 0 Å². The predicted molar refractivity (Wildman–Crippen MR) is 53.0 cm³/mol. The molecule has 19 heavy (non-hydrogen) atoms. The van der Waals surface area contributed by atoms with Gasteiger partial charge in [0.05, 0.1) is 11.3 Å². The minimum absolute atomic E-state index is 0.451. The second kappa shape index (κ2) is 4.04. The summed E-state index contributed by atoms with van der Waals surface area (Å²) in [6, 6.07) is -1.32. The van der Waals surface area contributed by atoms with Crippen molar-refractivity contribution in [2.24, 2.45) is 9.98 Å². The third-order valence-corrected chi connectivity index (χ3v) is 2.36. The van der Waals surface area contributed by atoms with Crippen molar-refractivity contribution in [1.82, 2.24) is 0 Å². The van der Waals surface area contributed by atoms with Crippen molar-refractivity contribution in [1.29, 1.82) is 0 Å². The summed E-state index contributed by atoms with van der Waals surface area (Å²) in [7, 11) is 0. The SMILES string of the molecule is O=C1N=C2C=C(C(F)(F)F)C=CC2N=C1C(F)(F)F. The highest BCUT2D eigenvalue weighted by Crippen LogP contribution is 2.31. The molecular weight excluding hydrogens is 278 g/mol. The van der Waals surface area contributed by atoms with E-state index in [1.165, 1.54) is 0 Å². The number of carbonyl (C=O) groups is 1. The van der Waals surface area contributed by atoms with Gasteiger partial charge in [-0.05, 0) is 6.08 Å². The molecule has 0 spiro atoms. The lowest BCUT2D eigenvalue weighted by molar-refractivity contribution is -0.116. The third-order valence-electron chi connectivity index (χ3n) is 2.36. The van der Waals surface area contributed by atoms with Gasteiger partial charge in [-0.2, -0.15) is 26.3 Å². The van der Waals surface area contributed by atoms with Crippen LogP contribution in [0.25, 0.3) is 0 Å². The van der Waals surface area contributed by atoms with Crippen LogP contribution in [0.5, 0.6) is 0 Å². The van der Waals surface area contributed by atoms with Crippen LogP contribution in [0.3, 0.4) is 0 Å². The first-order chi connectivity index (χ1) is 8.59. The number of hydrogen-bond acceptors (Lipinski definition) is 2. The van der Waals surface area contributed by atoms with Crippen LogP contribution in [0, 0.1) is 0 Å². The van der Waals surface area contributed by atoms with Crippen molar-refractivity contribution in [3.8, 4) is 0 Å². The fourth-order valence-electron chi connectivity index (χ4n) is 1.53. The minimum Gasteiger partial charge on any atom is -0.265 e. The number of nitrogens with zero attached hydrogens (tertiary/aromatic N) is 2. The zero-order valence-electron chi connectivity index (χ0n) is 8.88. The van der Waals surface area contributed by atoms with Crippen LogP contribution in [0.4, 0.5) is 26.3 Å². The maximum absolute atomic E-state index is 12.4. The fourth-order valence-corrected chi connectivity index (χ4v) is 1.53. The molecule has 0 radical (unpaired) electrons. The van der Waals surface area contributed by atoms with E-state index in [0.717, 1.165) is 6.08 Å². The highest BCUT2D eigenvalue weighted by molar-refractivity contribution is 6.45. The smallest absolute Gasteiger partial charge is 0.265 e. The molecule has 0 aromatic carbocycles. The van der Waals surface area contributed by atoms with E-state index >= 15 is 0 Å². The van der Waals surface area contributed by atoms with Crippen molar-refractivity contribution in [3.05, 3.63) is 23.8 Å². The molecule has 3 nitrogen and oxygen atoms in total. The van der Waals surface area contributed by atoms with Gasteiger partial charge in [-0.1, -0.05) is 12.2 Å². The maximum atomic E-state index is 12.4. The number of carbonyl (C=O) groups excluding carboxylic acids is 1. The van der Waals surface area contributed by atoms with Gasteiger partial charge in [0.2, 0.25) is 5.71 Å². The van der Waals surface area contributed by atoms with E-state index in [2.05, 4.69) is 9.98 Å². The van der Waals surface area contributed by atoms with Crippen LogP contribution in [0.2, 0.25) is 0 Å². The van der Waals surface area contributed by atoms with Gasteiger partial charge in [0.25, 0.3) is 0 Å². The molecule has 1 aliphatic carbocycles. The summed E-state index contributed by atoms with van der Waals surface area (Å²) in [6.07, 6.45) is -7.70. The molecule has 0 aromatic heterocycles. The molecule has 0 N–H and O–H groups in total. The fraction of sp³-hybridized carbons (Fsp3) is 0.300. The Balaban J connectivity index is 2.38. The molecule has 102 valence electrons. The average Bonchev–Trinajstić information content (AvgIpc) is 2.24. The van der Waals surface area contributed by atoms with E-state index in [1.807, 2.05) is 0 Å². The van der Waals surface area contributed by atoms with E-state index < -0.39 is 41.3 Å². The monoisotopic (exact) mass is 282 g/mol. The van der Waals surface area contributed by atoms with Crippen molar-refractivity contribution in [2.75, 3.05) is 0 Å². The summed E-state index contributed by atoms with van der Waals surface area (Å²) in [6.45, 7) is 0. The van der Waals surface area contributed by atoms with Crippen LogP contribution in [0.1, 0.15) is 0 Å². The average molecular weight is 282 g/mol. The van der Waals surface area contributed by atoms with E-state index in [1.54, 1.807) is 0 Å². The van der Waals surface area contributed by atoms with Gasteiger partial charge in [-0.3, -0.25) is 9.79 Å². The molecule has 1 amide bonds. The number of fused-ring (bicyclic) bond motifs is 1. The number of halogens is 6. The predicted octanol–water partition coefficient (Wildman–Crippen LogP) is 2.40. The van der Waals surface area contributed by atoms with Crippen LogP contribution in [-0.2, 0) is 4.79 Å². The zero-order chi connectivity index (χ0) is 14.4. The summed E-state index contributed by atoms with van der Waals surface area (Å²) >= 11 is 0. The number of alkyl halides is 6. The van der Waals surface area contributed by atoms with Crippen molar-refractivity contribution >= 4 is 17.3 Å². The summed E-state index contributed by atoms with van der Waals surface area (Å²) in [5.41, 5.74) is -3.26. The second-order valence-electron chi connectivity index (χ2n) is 3.72. The first kappa shape index (κ1) is 13.5. The molecule has 1 unspecified atom stereocenters. The van der Waals surface area contributed by atoms with Crippen LogP contribution in [0.15, 0.2) is 33.8 Å². The standard InChI is InChI=1S/C10H4F6N2O/c11-9(12,13)4-1-2-5-6(3-4)18-8(19)7(17-5)10(14,15)16/h1-3,5H. The highest BCUT2D eigenvalue weighted by Gasteiger charge is 2.44. The van der Waals surface area contributed by atoms with E-state index in [9.17, 15) is 31.1 Å². The molecule has 0 saturated heterocycles. The Morgan fingerprint density at radius 2 is 1.68 bits per heavy atom. The van der Waals surface area contributed by atoms with E-state index in [0.29, 0.717) is 12.2 Å². The van der Waals surface area contributed by atoms with Gasteiger partial charge in [-0.15, -0.1) is 0 Å². The minimum atomic E-state index is -4.98. The van der Waals surface area contributed by atoms with Gasteiger partial charge in [0, 0.05) is 0 Å². The van der Waals surface area contributed by atoms with Crippen molar-refractivity contribution < 1.29 is 31.1 Å². The van der Waals surface area contributed by atoms with E-state index in [-0.39, 0.29) is 0 Å². The number of rotatable bonds is 0. The lowest BCUT2D eigenvalue weighted by Gasteiger charge is -2.21. The maximum Gasteiger partial charge on any atom is 0.438 e. The molecule has 1 heterocycles. The Kier molecular flexibility index (Phi) is 2.87. The molecule has 0 saturated carbocycles. The second-order valence-corrected chi connectivity index (χ2v) is 3.72. The number of amides is 1. The number of aliphatic imine (C=N–C) groups is 2. The van der Waals surface area contributed by atoms with Crippen LogP contribution in [-0.4, -0.2) is 35.7 Å². The molecule has 0 fully saturated rings. The van der Waals surface area contributed by atoms with Crippen molar-refractivity contribution in [2.45, 2.75) is 18.4 Å². The molecule has 0 aromatic rings. The Morgan fingerprint density at radius 3 is 2.21 bits per heavy atom. The summed E-state index contributed by atoms with van der Waals surface area (Å²) in [4.78, 5) is 17.2. The Morgan fingerprint density at radius 1 is 1.05 bits per heavy atom. The lowest BCUT2D eigenvalue weighted by Crippen LogP contribution is -2.38. The summed E-state index contributed by atoms with van der Waals surface area (Å²) in [5.74, 6) is -1.69. The van der Waals surface area contributed by atoms with Gasteiger partial charge < -0.3 is 0 Å². The van der Waals surface area contributed by atoms with Crippen molar-refractivity contribution in [3.63, 3.8) is 0 Å². The molecular formula is C10H4F6N2O. The quantitative estimate of drug-likeness (QED) is 0.629. The number of allylic oxidation sites excluding steroid dienone is 2. The third kappa shape index (κ3) is 2.59. The normalized spacial score (nSPS) is 23.6. The molecule has 9 heteroatoms. The van der Waals surface area contributed by atoms with Gasteiger partial charge in [0.1, 0.15) is 6.04 Å². The lowest BCUT2D eigenvalue weighted by atomic mass is 9.99. The Bertz CT molecular complexity index is 549. The number of hydrogen-bond donors (Lipinski definition) is 0. The summed E-state index contributed by atoms with van der Waals surface area (Å²) < 4.78 is 74.3. The van der Waals surface area contributed by atoms with Crippen LogP contribution < -0.4 is 0 Å². The topological polar surface area (TPSA) is 41.8 Å². The first-order valence-corrected chi connectivity index (χ1v) is 4.84. The van der Waals surface area contributed by atoms with Crippen LogP contribution >= 0.6 is 0 Å². The van der Waals surface area contributed by atoms with Gasteiger partial charge in [-0.25, -0.2) is 4.99 Å².